The van der Waals surface area contributed by atoms with Crippen molar-refractivity contribution < 1.29 is 4.79 Å². The van der Waals surface area contributed by atoms with Crippen molar-refractivity contribution in [3.63, 3.8) is 0 Å². The molecular formula is C19H19N5O. The Balaban J connectivity index is 1.81. The van der Waals surface area contributed by atoms with E-state index in [4.69, 9.17) is 0 Å². The number of fused-ring (bicyclic) bond motifs is 1. The molecular weight excluding hydrogens is 314 g/mol. The molecule has 1 N–H and O–H groups in total. The number of anilines is 1. The highest BCUT2D eigenvalue weighted by Gasteiger charge is 2.33. The maximum absolute atomic E-state index is 12.5. The van der Waals surface area contributed by atoms with Crippen LogP contribution in [0.3, 0.4) is 0 Å². The molecule has 1 aliphatic rings. The average molecular weight is 333 g/mol. The van der Waals surface area contributed by atoms with E-state index in [0.29, 0.717) is 5.56 Å². The summed E-state index contributed by atoms with van der Waals surface area (Å²) in [7, 11) is 1.99. The number of amides is 1. The van der Waals surface area contributed by atoms with Crippen LogP contribution in [0.25, 0.3) is 5.82 Å². The fourth-order valence-corrected chi connectivity index (χ4v) is 3.43. The van der Waals surface area contributed by atoms with Crippen molar-refractivity contribution in [3.05, 3.63) is 71.2 Å². The summed E-state index contributed by atoms with van der Waals surface area (Å²) in [5.41, 5.74) is 4.44. The van der Waals surface area contributed by atoms with Crippen LogP contribution in [0, 0.1) is 13.8 Å². The number of rotatable bonds is 2. The van der Waals surface area contributed by atoms with Gasteiger partial charge < -0.3 is 10.2 Å². The molecule has 0 radical (unpaired) electrons. The number of carbonyl (C=O) groups excluding carboxylic acids is 1. The molecule has 1 aromatic carbocycles. The van der Waals surface area contributed by atoms with Crippen molar-refractivity contribution in [2.45, 2.75) is 20.0 Å². The Bertz CT molecular complexity index is 948. The molecule has 0 unspecified atom stereocenters. The van der Waals surface area contributed by atoms with Crippen LogP contribution in [0.4, 0.5) is 5.69 Å². The molecule has 3 heterocycles. The number of hydrogen-bond acceptors (Lipinski definition) is 4. The minimum Gasteiger partial charge on any atom is -0.350 e. The van der Waals surface area contributed by atoms with Crippen molar-refractivity contribution in [2.75, 3.05) is 11.9 Å². The number of hydrogen-bond donors (Lipinski definition) is 1. The Kier molecular flexibility index (Phi) is 3.53. The van der Waals surface area contributed by atoms with Crippen LogP contribution < -0.4 is 10.2 Å². The van der Waals surface area contributed by atoms with Crippen molar-refractivity contribution in [1.82, 2.24) is 20.1 Å². The van der Waals surface area contributed by atoms with Gasteiger partial charge in [-0.05, 0) is 38.1 Å². The standard InChI is InChI=1S/C19H19N5O/c1-12-17(13(2)24(22-12)16-10-6-7-11-20-16)18-21-19(25)14-8-4-5-9-15(14)23(18)3/h4-11,18H,1-3H3,(H,21,25)/t18-/m0/s1. The van der Waals surface area contributed by atoms with Gasteiger partial charge in [-0.2, -0.15) is 5.10 Å². The molecule has 1 atom stereocenters. The van der Waals surface area contributed by atoms with Crippen molar-refractivity contribution in [1.29, 1.82) is 0 Å². The van der Waals surface area contributed by atoms with E-state index in [1.54, 1.807) is 6.20 Å². The highest BCUT2D eigenvalue weighted by Crippen LogP contribution is 2.34. The monoisotopic (exact) mass is 333 g/mol. The van der Waals surface area contributed by atoms with E-state index in [1.807, 2.05) is 68.0 Å². The first-order valence-electron chi connectivity index (χ1n) is 8.18. The normalized spacial score (nSPS) is 16.5. The van der Waals surface area contributed by atoms with Gasteiger partial charge in [-0.3, -0.25) is 4.79 Å². The molecule has 1 amide bonds. The summed E-state index contributed by atoms with van der Waals surface area (Å²) in [5, 5.41) is 7.75. The lowest BCUT2D eigenvalue weighted by Gasteiger charge is -2.36. The molecule has 126 valence electrons. The van der Waals surface area contributed by atoms with E-state index < -0.39 is 0 Å². The van der Waals surface area contributed by atoms with E-state index in [-0.39, 0.29) is 12.1 Å². The van der Waals surface area contributed by atoms with Gasteiger partial charge in [0.2, 0.25) is 0 Å². The van der Waals surface area contributed by atoms with Gasteiger partial charge in [-0.1, -0.05) is 18.2 Å². The van der Waals surface area contributed by atoms with E-state index in [1.165, 1.54) is 0 Å². The molecule has 4 rings (SSSR count). The number of nitrogens with one attached hydrogen (secondary N) is 1. The van der Waals surface area contributed by atoms with Crippen molar-refractivity contribution in [2.24, 2.45) is 0 Å². The van der Waals surface area contributed by atoms with Crippen molar-refractivity contribution >= 4 is 11.6 Å². The Morgan fingerprint density at radius 1 is 1.08 bits per heavy atom. The van der Waals surface area contributed by atoms with Crippen LogP contribution >= 0.6 is 0 Å². The van der Waals surface area contributed by atoms with Gasteiger partial charge in [0.15, 0.2) is 5.82 Å². The Morgan fingerprint density at radius 3 is 2.60 bits per heavy atom. The number of benzene rings is 1. The first kappa shape index (κ1) is 15.4. The first-order chi connectivity index (χ1) is 12.1. The van der Waals surface area contributed by atoms with E-state index in [2.05, 4.69) is 20.3 Å². The molecule has 3 aromatic rings. The van der Waals surface area contributed by atoms with E-state index >= 15 is 0 Å². The molecule has 2 aromatic heterocycles. The van der Waals surface area contributed by atoms with Crippen LogP contribution in [-0.4, -0.2) is 27.7 Å². The second kappa shape index (κ2) is 5.73. The third kappa shape index (κ3) is 2.38. The third-order valence-corrected chi connectivity index (χ3v) is 4.67. The lowest BCUT2D eigenvalue weighted by molar-refractivity contribution is 0.0928. The highest BCUT2D eigenvalue weighted by molar-refractivity contribution is 6.02. The molecule has 0 fully saturated rings. The van der Waals surface area contributed by atoms with Crippen LogP contribution in [0.1, 0.15) is 33.5 Å². The number of pyridine rings is 1. The van der Waals surface area contributed by atoms with Crippen LogP contribution in [-0.2, 0) is 0 Å². The molecule has 1 aliphatic heterocycles. The molecule has 0 saturated heterocycles. The van der Waals surface area contributed by atoms with Gasteiger partial charge >= 0.3 is 0 Å². The smallest absolute Gasteiger partial charge is 0.255 e. The number of carbonyl (C=O) groups is 1. The largest absolute Gasteiger partial charge is 0.350 e. The second-order valence-corrected chi connectivity index (χ2v) is 6.19. The number of nitrogens with zero attached hydrogens (tertiary/aromatic N) is 4. The first-order valence-corrected chi connectivity index (χ1v) is 8.18. The van der Waals surface area contributed by atoms with Gasteiger partial charge in [-0.15, -0.1) is 0 Å². The predicted octanol–water partition coefficient (Wildman–Crippen LogP) is 2.76. The van der Waals surface area contributed by atoms with Gasteiger partial charge in [-0.25, -0.2) is 9.67 Å². The average Bonchev–Trinajstić information content (AvgIpc) is 2.93. The fraction of sp³-hybridized carbons (Fsp3) is 0.211. The SMILES string of the molecule is Cc1nn(-c2ccccn2)c(C)c1[C@H]1NC(=O)c2ccccc2N1C. The van der Waals surface area contributed by atoms with Gasteiger partial charge in [0.1, 0.15) is 6.17 Å². The van der Waals surface area contributed by atoms with Gasteiger partial charge in [0.25, 0.3) is 5.91 Å². The summed E-state index contributed by atoms with van der Waals surface area (Å²) < 4.78 is 1.82. The summed E-state index contributed by atoms with van der Waals surface area (Å²) >= 11 is 0. The molecule has 25 heavy (non-hydrogen) atoms. The Hall–Kier alpha value is -3.15. The zero-order valence-electron chi connectivity index (χ0n) is 14.4. The lowest BCUT2D eigenvalue weighted by atomic mass is 10.0. The van der Waals surface area contributed by atoms with Crippen LogP contribution in [0.15, 0.2) is 48.7 Å². The second-order valence-electron chi connectivity index (χ2n) is 6.19. The molecule has 6 heteroatoms. The summed E-state index contributed by atoms with van der Waals surface area (Å²) in [6, 6.07) is 13.4. The Labute approximate surface area is 146 Å². The molecule has 0 saturated carbocycles. The fourth-order valence-electron chi connectivity index (χ4n) is 3.43. The Morgan fingerprint density at radius 2 is 1.84 bits per heavy atom. The molecule has 0 aliphatic carbocycles. The van der Waals surface area contributed by atoms with Crippen molar-refractivity contribution in [3.8, 4) is 5.82 Å². The molecule has 0 bridgehead atoms. The molecule has 6 nitrogen and oxygen atoms in total. The van der Waals surface area contributed by atoms with Gasteiger partial charge in [0.05, 0.1) is 22.6 Å². The zero-order valence-corrected chi connectivity index (χ0v) is 14.4. The maximum atomic E-state index is 12.5. The number of aromatic nitrogens is 3. The lowest BCUT2D eigenvalue weighted by Crippen LogP contribution is -2.45. The van der Waals surface area contributed by atoms with E-state index in [9.17, 15) is 4.79 Å². The number of aryl methyl sites for hydroxylation is 1. The van der Waals surface area contributed by atoms with Gasteiger partial charge in [0, 0.05) is 18.8 Å². The quantitative estimate of drug-likeness (QED) is 0.783. The topological polar surface area (TPSA) is 63.1 Å². The maximum Gasteiger partial charge on any atom is 0.255 e. The summed E-state index contributed by atoms with van der Waals surface area (Å²) in [6.45, 7) is 3.97. The summed E-state index contributed by atoms with van der Waals surface area (Å²) in [4.78, 5) is 19.0. The minimum atomic E-state index is -0.264. The van der Waals surface area contributed by atoms with Crippen LogP contribution in [0.2, 0.25) is 0 Å². The summed E-state index contributed by atoms with van der Waals surface area (Å²) in [5.74, 6) is 0.697. The minimum absolute atomic E-state index is 0.0666. The summed E-state index contributed by atoms with van der Waals surface area (Å²) in [6.07, 6.45) is 1.48. The number of para-hydroxylation sites is 1. The van der Waals surface area contributed by atoms with Crippen LogP contribution in [0.5, 0.6) is 0 Å². The predicted molar refractivity (Wildman–Crippen MR) is 95.9 cm³/mol. The van der Waals surface area contributed by atoms with E-state index in [0.717, 1.165) is 28.5 Å². The highest BCUT2D eigenvalue weighted by atomic mass is 16.2. The zero-order chi connectivity index (χ0) is 17.6. The molecule has 0 spiro atoms. The third-order valence-electron chi connectivity index (χ3n) is 4.67.